The fraction of sp³-hybridized carbons (Fsp3) is 0.743. The van der Waals surface area contributed by atoms with Crippen LogP contribution in [0.15, 0.2) is 36.9 Å². The molecule has 1 aliphatic heterocycles. The molecule has 5 nitrogen and oxygen atoms in total. The first kappa shape index (κ1) is 28.4. The molecule has 0 radical (unpaired) electrons. The standard InChI is InChI=1S/C35H50O5/c1-23(11-16-32(36)37-5)28-14-15-29-27-13-12-26-21-35(20-19-33(26,3)30(27)17-18-34(28,29)4)38-22-31(39-40-35)24(2)25-9-7-6-8-10-25/h6-10,23,26-31H,2,11-22H2,1,3-5H3/t23?,26-,27?,28?,29?,30?,31?,33+,34-,35?/m1/s1. The SMILES string of the molecule is C=C(c1ccccc1)C1COC2(CC[C@]3(C)C4CC[C@]5(C)C(C(C)CCC(=O)OC)CCC5C4CC[C@@H]3C2)OO1. The Kier molecular flexibility index (Phi) is 7.72. The number of methoxy groups -OCH3 is 1. The van der Waals surface area contributed by atoms with Gasteiger partial charge in [0.05, 0.1) is 13.7 Å². The normalized spacial score (nSPS) is 43.3. The zero-order chi connectivity index (χ0) is 28.1. The van der Waals surface area contributed by atoms with Gasteiger partial charge in [0.2, 0.25) is 5.79 Å². The monoisotopic (exact) mass is 550 g/mol. The van der Waals surface area contributed by atoms with E-state index >= 15 is 0 Å². The number of carbonyl (C=O) groups is 1. The van der Waals surface area contributed by atoms with Gasteiger partial charge in [0.25, 0.3) is 0 Å². The lowest BCUT2D eigenvalue weighted by Gasteiger charge is -2.62. The molecule has 1 aromatic carbocycles. The number of rotatable bonds is 6. The Morgan fingerprint density at radius 3 is 2.52 bits per heavy atom. The van der Waals surface area contributed by atoms with Crippen LogP contribution in [0.2, 0.25) is 0 Å². The molecule has 6 rings (SSSR count). The van der Waals surface area contributed by atoms with E-state index in [1.807, 2.05) is 18.2 Å². The highest BCUT2D eigenvalue weighted by molar-refractivity contribution is 5.69. The van der Waals surface area contributed by atoms with E-state index in [0.29, 0.717) is 35.7 Å². The van der Waals surface area contributed by atoms with Crippen molar-refractivity contribution in [1.29, 1.82) is 0 Å². The average molecular weight is 551 g/mol. The van der Waals surface area contributed by atoms with Gasteiger partial charge in [-0.05, 0) is 109 Å². The van der Waals surface area contributed by atoms with Crippen molar-refractivity contribution in [1.82, 2.24) is 0 Å². The summed E-state index contributed by atoms with van der Waals surface area (Å²) in [6.07, 6.45) is 12.2. The molecule has 1 aromatic rings. The zero-order valence-corrected chi connectivity index (χ0v) is 25.2. The Hall–Kier alpha value is -1.69. The van der Waals surface area contributed by atoms with Crippen molar-refractivity contribution >= 4 is 11.5 Å². The van der Waals surface area contributed by atoms with Crippen LogP contribution in [0, 0.1) is 46.3 Å². The van der Waals surface area contributed by atoms with Crippen LogP contribution >= 0.6 is 0 Å². The molecule has 5 fully saturated rings. The fourth-order valence-corrected chi connectivity index (χ4v) is 10.4. The third kappa shape index (κ3) is 4.78. The van der Waals surface area contributed by atoms with Crippen molar-refractivity contribution in [2.75, 3.05) is 13.7 Å². The van der Waals surface area contributed by atoms with E-state index in [9.17, 15) is 4.79 Å². The van der Waals surface area contributed by atoms with E-state index < -0.39 is 5.79 Å². The minimum atomic E-state index is -0.610. The summed E-state index contributed by atoms with van der Waals surface area (Å²) in [5, 5.41) is 0. The van der Waals surface area contributed by atoms with Gasteiger partial charge in [0.1, 0.15) is 6.10 Å². The second kappa shape index (κ2) is 10.9. The summed E-state index contributed by atoms with van der Waals surface area (Å²) < 4.78 is 11.5. The fourth-order valence-electron chi connectivity index (χ4n) is 10.4. The molecule has 7 unspecified atom stereocenters. The lowest BCUT2D eigenvalue weighted by Crippen LogP contribution is -2.58. The maximum absolute atomic E-state index is 11.8. The van der Waals surface area contributed by atoms with Crippen molar-refractivity contribution in [2.45, 2.75) is 103 Å². The van der Waals surface area contributed by atoms with Gasteiger partial charge >= 0.3 is 5.97 Å². The van der Waals surface area contributed by atoms with Crippen LogP contribution in [-0.2, 0) is 24.0 Å². The molecule has 0 aromatic heterocycles. The van der Waals surface area contributed by atoms with Crippen molar-refractivity contribution < 1.29 is 24.0 Å². The van der Waals surface area contributed by atoms with Crippen LogP contribution in [0.25, 0.3) is 5.57 Å². The molecule has 0 N–H and O–H groups in total. The molecule has 1 saturated heterocycles. The molecular formula is C35H50O5. The molecule has 1 spiro atoms. The molecule has 220 valence electrons. The Bertz CT molecular complexity index is 1080. The lowest BCUT2D eigenvalue weighted by atomic mass is 9.44. The van der Waals surface area contributed by atoms with Gasteiger partial charge < -0.3 is 9.47 Å². The molecule has 10 atom stereocenters. The van der Waals surface area contributed by atoms with Crippen LogP contribution in [0.3, 0.4) is 0 Å². The summed E-state index contributed by atoms with van der Waals surface area (Å²) in [6, 6.07) is 10.2. The van der Waals surface area contributed by atoms with E-state index in [2.05, 4.69) is 39.5 Å². The summed E-state index contributed by atoms with van der Waals surface area (Å²) in [7, 11) is 1.50. The molecule has 40 heavy (non-hydrogen) atoms. The Balaban J connectivity index is 1.09. The molecule has 0 bridgehead atoms. The number of hydrogen-bond acceptors (Lipinski definition) is 5. The van der Waals surface area contributed by atoms with Gasteiger partial charge in [-0.3, -0.25) is 4.79 Å². The van der Waals surface area contributed by atoms with E-state index in [1.165, 1.54) is 45.6 Å². The first-order valence-corrected chi connectivity index (χ1v) is 16.0. The molecule has 5 aliphatic rings. The predicted molar refractivity (Wildman–Crippen MR) is 156 cm³/mol. The first-order valence-electron chi connectivity index (χ1n) is 16.0. The Morgan fingerprint density at radius 1 is 1.02 bits per heavy atom. The largest absolute Gasteiger partial charge is 0.469 e. The topological polar surface area (TPSA) is 54.0 Å². The third-order valence-corrected chi connectivity index (χ3v) is 12.8. The summed E-state index contributed by atoms with van der Waals surface area (Å²) in [5.41, 5.74) is 2.74. The molecule has 4 aliphatic carbocycles. The van der Waals surface area contributed by atoms with Crippen molar-refractivity contribution in [3.63, 3.8) is 0 Å². The maximum atomic E-state index is 11.8. The predicted octanol–water partition coefficient (Wildman–Crippen LogP) is 7.99. The summed E-state index contributed by atoms with van der Waals surface area (Å²) in [6.45, 7) is 12.4. The van der Waals surface area contributed by atoms with Crippen molar-refractivity contribution in [3.05, 3.63) is 42.5 Å². The van der Waals surface area contributed by atoms with Crippen LogP contribution in [-0.4, -0.2) is 31.6 Å². The average Bonchev–Trinajstić information content (AvgIpc) is 3.34. The van der Waals surface area contributed by atoms with Crippen LogP contribution in [0.1, 0.15) is 97.0 Å². The molecule has 4 saturated carbocycles. The highest BCUT2D eigenvalue weighted by Crippen LogP contribution is 2.69. The number of carbonyl (C=O) groups excluding carboxylic acids is 1. The van der Waals surface area contributed by atoms with Gasteiger partial charge in [0, 0.05) is 19.3 Å². The number of esters is 1. The van der Waals surface area contributed by atoms with Crippen molar-refractivity contribution in [2.24, 2.45) is 46.3 Å². The van der Waals surface area contributed by atoms with Gasteiger partial charge in [-0.1, -0.05) is 57.7 Å². The molecule has 0 amide bonds. The third-order valence-electron chi connectivity index (χ3n) is 12.8. The summed E-state index contributed by atoms with van der Waals surface area (Å²) in [4.78, 5) is 24.0. The highest BCUT2D eigenvalue weighted by Gasteiger charge is 2.62. The molecule has 1 heterocycles. The Morgan fingerprint density at radius 2 is 1.80 bits per heavy atom. The molecular weight excluding hydrogens is 500 g/mol. The minimum Gasteiger partial charge on any atom is -0.469 e. The molecule has 5 heteroatoms. The second-order valence-electron chi connectivity index (χ2n) is 14.5. The van der Waals surface area contributed by atoms with Crippen LogP contribution in [0.4, 0.5) is 0 Å². The number of hydrogen-bond donors (Lipinski definition) is 0. The quantitative estimate of drug-likeness (QED) is 0.265. The van der Waals surface area contributed by atoms with E-state index in [0.717, 1.165) is 60.5 Å². The lowest BCUT2D eigenvalue weighted by molar-refractivity contribution is -0.489. The van der Waals surface area contributed by atoms with Gasteiger partial charge in [-0.25, -0.2) is 9.78 Å². The Labute approximate surface area is 241 Å². The van der Waals surface area contributed by atoms with E-state index in [-0.39, 0.29) is 12.1 Å². The highest BCUT2D eigenvalue weighted by atomic mass is 17.2. The summed E-state index contributed by atoms with van der Waals surface area (Å²) in [5.74, 6) is 3.68. The van der Waals surface area contributed by atoms with Crippen LogP contribution < -0.4 is 0 Å². The van der Waals surface area contributed by atoms with E-state index in [1.54, 1.807) is 0 Å². The second-order valence-corrected chi connectivity index (χ2v) is 14.5. The summed E-state index contributed by atoms with van der Waals surface area (Å²) >= 11 is 0. The van der Waals surface area contributed by atoms with Gasteiger partial charge in [-0.15, -0.1) is 0 Å². The zero-order valence-electron chi connectivity index (χ0n) is 25.2. The maximum Gasteiger partial charge on any atom is 0.305 e. The van der Waals surface area contributed by atoms with Gasteiger partial charge in [0.15, 0.2) is 0 Å². The van der Waals surface area contributed by atoms with Crippen LogP contribution in [0.5, 0.6) is 0 Å². The number of ether oxygens (including phenoxy) is 2. The van der Waals surface area contributed by atoms with Gasteiger partial charge in [-0.2, -0.15) is 0 Å². The van der Waals surface area contributed by atoms with Crippen molar-refractivity contribution in [3.8, 4) is 0 Å². The first-order chi connectivity index (χ1) is 19.2. The smallest absolute Gasteiger partial charge is 0.305 e. The number of benzene rings is 1. The minimum absolute atomic E-state index is 0.0652. The van der Waals surface area contributed by atoms with E-state index in [4.69, 9.17) is 19.2 Å². The number of fused-ring (bicyclic) bond motifs is 5.